The van der Waals surface area contributed by atoms with E-state index >= 15 is 0 Å². The molecular weight excluding hydrogens is 221 g/mol. The van der Waals surface area contributed by atoms with Gasteiger partial charge < -0.3 is 4.90 Å². The zero-order valence-corrected chi connectivity index (χ0v) is 15.4. The van der Waals surface area contributed by atoms with E-state index in [0.29, 0.717) is 0 Å². The van der Waals surface area contributed by atoms with Crippen molar-refractivity contribution in [3.63, 3.8) is 0 Å². The average Bonchev–Trinajstić information content (AvgIpc) is 2.26. The number of hydrogen-bond acceptors (Lipinski definition) is 1. The van der Waals surface area contributed by atoms with E-state index in [9.17, 15) is 0 Å². The maximum atomic E-state index is 3.85. The van der Waals surface area contributed by atoms with Crippen LogP contribution >= 0.6 is 0 Å². The summed E-state index contributed by atoms with van der Waals surface area (Å²) >= 11 is 0. The molecule has 1 atom stereocenters. The summed E-state index contributed by atoms with van der Waals surface area (Å²) in [5.41, 5.74) is 0. The molecule has 0 aliphatic carbocycles. The molecule has 0 aromatic rings. The van der Waals surface area contributed by atoms with Gasteiger partial charge in [-0.2, -0.15) is 0 Å². The van der Waals surface area contributed by atoms with Crippen LogP contribution in [-0.2, 0) is 0 Å². The van der Waals surface area contributed by atoms with Crippen LogP contribution in [0.1, 0.15) is 53.4 Å². The van der Waals surface area contributed by atoms with Gasteiger partial charge in [-0.05, 0) is 39.3 Å². The van der Waals surface area contributed by atoms with Gasteiger partial charge in [-0.3, -0.25) is 7.05 Å². The van der Waals surface area contributed by atoms with Crippen LogP contribution in [0.2, 0.25) is 0 Å². The molecule has 0 saturated heterocycles. The van der Waals surface area contributed by atoms with Gasteiger partial charge in [0.2, 0.25) is 0 Å². The van der Waals surface area contributed by atoms with Crippen LogP contribution in [-0.4, -0.2) is 18.5 Å². The second-order valence-corrected chi connectivity index (χ2v) is 3.61. The number of hydrogen-bond donors (Lipinski definition) is 0. The van der Waals surface area contributed by atoms with E-state index in [-0.39, 0.29) is 51.4 Å². The predicted octanol–water partition coefficient (Wildman–Crippen LogP) is 0.960. The molecule has 0 amide bonds. The topological polar surface area (TPSA) is 3.24 Å². The Bertz CT molecular complexity index is 167. The molecule has 0 radical (unpaired) electrons. The molecule has 16 heavy (non-hydrogen) atoms. The van der Waals surface area contributed by atoms with Crippen molar-refractivity contribution in [2.24, 2.45) is 5.92 Å². The molecule has 0 heterocycles. The van der Waals surface area contributed by atoms with Gasteiger partial charge >= 0.3 is 51.4 Å². The van der Waals surface area contributed by atoms with Gasteiger partial charge in [0, 0.05) is 6.42 Å². The Morgan fingerprint density at radius 2 is 1.81 bits per heavy atom. The van der Waals surface area contributed by atoms with Crippen molar-refractivity contribution in [2.75, 3.05) is 13.6 Å². The molecule has 0 N–H and O–H groups in total. The van der Waals surface area contributed by atoms with Crippen LogP contribution in [0.25, 0.3) is 0 Å². The van der Waals surface area contributed by atoms with E-state index in [1.807, 2.05) is 32.7 Å². The normalized spacial score (nSPS) is 10.4. The SMILES string of the molecule is CC.[CH2-]N(C)CCC(CC)CCC#CC.[K+]. The summed E-state index contributed by atoms with van der Waals surface area (Å²) in [5, 5.41) is 0. The fraction of sp³-hybridized carbons (Fsp3) is 0.786. The van der Waals surface area contributed by atoms with Crippen molar-refractivity contribution in [3.05, 3.63) is 7.05 Å². The molecule has 1 unspecified atom stereocenters. The first-order chi connectivity index (χ1) is 7.20. The Kier molecular flexibility index (Phi) is 25.9. The zero-order valence-electron chi connectivity index (χ0n) is 12.3. The van der Waals surface area contributed by atoms with Crippen molar-refractivity contribution >= 4 is 0 Å². The Morgan fingerprint density at radius 3 is 2.19 bits per heavy atom. The Hall–Kier alpha value is 1.16. The third-order valence-corrected chi connectivity index (χ3v) is 2.35. The average molecular weight is 249 g/mol. The standard InChI is InChI=1S/C12H22N.C2H6.K/c1-5-7-8-9-12(6-2)10-11-13(3)4;1-2;/h12H,3,6,8-11H2,1-2,4H3;1-2H3;/q-1;;+1. The Morgan fingerprint density at radius 1 is 1.25 bits per heavy atom. The summed E-state index contributed by atoms with van der Waals surface area (Å²) < 4.78 is 0. The van der Waals surface area contributed by atoms with E-state index in [2.05, 4.69) is 25.8 Å². The first-order valence-electron chi connectivity index (χ1n) is 6.12. The fourth-order valence-electron chi connectivity index (χ4n) is 1.36. The Labute approximate surface area is 146 Å². The third-order valence-electron chi connectivity index (χ3n) is 2.35. The van der Waals surface area contributed by atoms with E-state index < -0.39 is 0 Å². The minimum atomic E-state index is 0. The molecular formula is C14H28KN. The van der Waals surface area contributed by atoms with Gasteiger partial charge in [-0.1, -0.05) is 27.2 Å². The van der Waals surface area contributed by atoms with Crippen LogP contribution in [0.15, 0.2) is 0 Å². The molecule has 0 spiro atoms. The fourth-order valence-corrected chi connectivity index (χ4v) is 1.36. The summed E-state index contributed by atoms with van der Waals surface area (Å²) in [6.45, 7) is 9.26. The molecule has 0 rings (SSSR count). The molecule has 0 fully saturated rings. The minimum absolute atomic E-state index is 0. The third kappa shape index (κ3) is 17.5. The molecule has 1 nitrogen and oxygen atoms in total. The van der Waals surface area contributed by atoms with Gasteiger partial charge in [0.05, 0.1) is 0 Å². The molecule has 0 aromatic heterocycles. The van der Waals surface area contributed by atoms with Crippen molar-refractivity contribution < 1.29 is 51.4 Å². The summed E-state index contributed by atoms with van der Waals surface area (Å²) in [5.74, 6) is 6.88. The van der Waals surface area contributed by atoms with Crippen LogP contribution in [0.5, 0.6) is 0 Å². The van der Waals surface area contributed by atoms with E-state index in [1.165, 1.54) is 19.3 Å². The van der Waals surface area contributed by atoms with Crippen molar-refractivity contribution in [1.29, 1.82) is 0 Å². The molecule has 90 valence electrons. The van der Waals surface area contributed by atoms with Gasteiger partial charge in [-0.25, -0.2) is 0 Å². The second kappa shape index (κ2) is 18.5. The van der Waals surface area contributed by atoms with Crippen molar-refractivity contribution in [1.82, 2.24) is 4.90 Å². The number of rotatable bonds is 6. The van der Waals surface area contributed by atoms with Crippen molar-refractivity contribution in [2.45, 2.75) is 53.4 Å². The monoisotopic (exact) mass is 249 g/mol. The van der Waals surface area contributed by atoms with Crippen LogP contribution < -0.4 is 51.4 Å². The van der Waals surface area contributed by atoms with E-state index in [0.717, 1.165) is 18.9 Å². The maximum absolute atomic E-state index is 3.85. The largest absolute Gasteiger partial charge is 1.00 e. The molecule has 0 aromatic carbocycles. The van der Waals surface area contributed by atoms with Crippen LogP contribution in [0.3, 0.4) is 0 Å². The summed E-state index contributed by atoms with van der Waals surface area (Å²) in [7, 11) is 5.87. The van der Waals surface area contributed by atoms with E-state index in [1.54, 1.807) is 0 Å². The van der Waals surface area contributed by atoms with Crippen LogP contribution in [0.4, 0.5) is 0 Å². The molecule has 0 saturated carbocycles. The number of nitrogens with zero attached hydrogens (tertiary/aromatic N) is 1. The van der Waals surface area contributed by atoms with Crippen LogP contribution in [0, 0.1) is 24.8 Å². The van der Waals surface area contributed by atoms with E-state index in [4.69, 9.17) is 0 Å². The summed E-state index contributed by atoms with van der Waals surface area (Å²) in [4.78, 5) is 2.01. The van der Waals surface area contributed by atoms with Crippen molar-refractivity contribution in [3.8, 4) is 11.8 Å². The first kappa shape index (κ1) is 22.3. The Balaban J connectivity index is -0.000000529. The second-order valence-electron chi connectivity index (χ2n) is 3.61. The van der Waals surface area contributed by atoms with Gasteiger partial charge in [-0.15, -0.1) is 11.8 Å². The molecule has 0 aliphatic heterocycles. The minimum Gasteiger partial charge on any atom is -0.462 e. The first-order valence-corrected chi connectivity index (χ1v) is 6.12. The van der Waals surface area contributed by atoms with Gasteiger partial charge in [0.1, 0.15) is 0 Å². The van der Waals surface area contributed by atoms with Gasteiger partial charge in [0.15, 0.2) is 0 Å². The maximum Gasteiger partial charge on any atom is 1.00 e. The molecule has 2 heteroatoms. The summed E-state index contributed by atoms with van der Waals surface area (Å²) in [6.07, 6.45) is 4.81. The molecule has 0 aliphatic rings. The molecule has 0 bridgehead atoms. The quantitative estimate of drug-likeness (QED) is 0.385. The predicted molar refractivity (Wildman–Crippen MR) is 70.4 cm³/mol. The summed E-state index contributed by atoms with van der Waals surface area (Å²) in [6, 6.07) is 0. The zero-order chi connectivity index (χ0) is 12.1. The van der Waals surface area contributed by atoms with Gasteiger partial charge in [0.25, 0.3) is 0 Å². The smallest absolute Gasteiger partial charge is 0.462 e.